The van der Waals surface area contributed by atoms with Crippen LogP contribution in [0.25, 0.3) is 0 Å². The molecule has 0 amide bonds. The van der Waals surface area contributed by atoms with E-state index in [0.717, 1.165) is 33.4 Å². The molecule has 2 rings (SSSR count). The van der Waals surface area contributed by atoms with Crippen LogP contribution in [-0.2, 0) is 45.9 Å². The second kappa shape index (κ2) is 21.5. The molecule has 2 unspecified atom stereocenters. The van der Waals surface area contributed by atoms with Gasteiger partial charge in [-0.05, 0) is 87.5 Å². The van der Waals surface area contributed by atoms with Crippen LogP contribution >= 0.6 is 15.6 Å². The molecule has 0 saturated carbocycles. The summed E-state index contributed by atoms with van der Waals surface area (Å²) in [6.45, 7) is 19.7. The Morgan fingerprint density at radius 2 is 0.821 bits per heavy atom. The normalized spacial score (nSPS) is 22.5. The number of ketones is 2. The molecule has 0 spiro atoms. The number of hydrogen-bond acceptors (Lipinski definition) is 10. The Hall–Kier alpha value is -3.30. The SMILES string of the molecule is COP(=O)(OC)OC1CC(C)(C)C(/C=C/C(C)=C/C=C/C(C)=C/C=C/C=C(C)/C=C/C=C(C)/C=C/C2=C(C)C(=O)C(OP(=O)(OC)OC)CC2(C)C)=C(C)C1=O. The number of phosphoric acid groups is 2. The molecule has 0 aromatic rings. The molecule has 2 aliphatic carbocycles. The van der Waals surface area contributed by atoms with Gasteiger partial charge in [-0.25, -0.2) is 9.13 Å². The summed E-state index contributed by atoms with van der Waals surface area (Å²) in [6, 6.07) is 0. The Bertz CT molecular complexity index is 1750. The van der Waals surface area contributed by atoms with Gasteiger partial charge in [0.05, 0.1) is 0 Å². The lowest BCUT2D eigenvalue weighted by Gasteiger charge is -2.37. The minimum absolute atomic E-state index is 0.229. The molecular formula is C44H62O10P2. The zero-order valence-corrected chi connectivity index (χ0v) is 37.4. The molecule has 0 N–H and O–H groups in total. The Labute approximate surface area is 335 Å². The first kappa shape index (κ1) is 48.8. The molecular weight excluding hydrogens is 750 g/mol. The van der Waals surface area contributed by atoms with E-state index in [2.05, 4.69) is 0 Å². The average Bonchev–Trinajstić information content (AvgIpc) is 3.13. The zero-order chi connectivity index (χ0) is 42.5. The molecule has 0 aromatic heterocycles. The van der Waals surface area contributed by atoms with Crippen molar-refractivity contribution in [1.82, 2.24) is 0 Å². The molecule has 0 fully saturated rings. The largest absolute Gasteiger partial charge is 0.474 e. The molecule has 0 aromatic carbocycles. The van der Waals surface area contributed by atoms with Crippen LogP contribution < -0.4 is 0 Å². The predicted molar refractivity (Wildman–Crippen MR) is 226 cm³/mol. The van der Waals surface area contributed by atoms with Gasteiger partial charge in [-0.1, -0.05) is 135 Å². The number of allylic oxidation sites excluding steroid dienone is 20. The smallest absolute Gasteiger partial charge is 0.292 e. The van der Waals surface area contributed by atoms with E-state index in [-0.39, 0.29) is 11.6 Å². The van der Waals surface area contributed by atoms with Crippen molar-refractivity contribution in [3.8, 4) is 0 Å². The van der Waals surface area contributed by atoms with Crippen LogP contribution in [0.5, 0.6) is 0 Å². The molecule has 10 nitrogen and oxygen atoms in total. The number of carbonyl (C=O) groups excluding carboxylic acids is 2. The van der Waals surface area contributed by atoms with Crippen molar-refractivity contribution in [1.29, 1.82) is 0 Å². The predicted octanol–water partition coefficient (Wildman–Crippen LogP) is 11.8. The van der Waals surface area contributed by atoms with Crippen LogP contribution in [-0.4, -0.2) is 52.2 Å². The highest BCUT2D eigenvalue weighted by molar-refractivity contribution is 7.48. The minimum atomic E-state index is -3.80. The maximum absolute atomic E-state index is 13.1. The van der Waals surface area contributed by atoms with Crippen LogP contribution in [0.2, 0.25) is 0 Å². The fourth-order valence-corrected chi connectivity index (χ4v) is 7.98. The van der Waals surface area contributed by atoms with Gasteiger partial charge in [-0.2, -0.15) is 0 Å². The van der Waals surface area contributed by atoms with Gasteiger partial charge in [0.2, 0.25) is 0 Å². The topological polar surface area (TPSA) is 124 Å². The van der Waals surface area contributed by atoms with Crippen molar-refractivity contribution < 1.29 is 45.9 Å². The Morgan fingerprint density at radius 1 is 0.536 bits per heavy atom. The number of carbonyl (C=O) groups is 2. The van der Waals surface area contributed by atoms with E-state index in [0.29, 0.717) is 24.0 Å². The second-order valence-electron chi connectivity index (χ2n) is 15.2. The van der Waals surface area contributed by atoms with Gasteiger partial charge in [0, 0.05) is 28.4 Å². The van der Waals surface area contributed by atoms with Crippen LogP contribution in [0.1, 0.15) is 82.1 Å². The number of Topliss-reactive ketones (excluding diaryl/α,β-unsaturated/α-hetero) is 2. The van der Waals surface area contributed by atoms with Gasteiger partial charge in [0.1, 0.15) is 12.2 Å². The summed E-state index contributed by atoms with van der Waals surface area (Å²) in [7, 11) is -2.68. The molecule has 0 aliphatic heterocycles. The maximum Gasteiger partial charge on any atom is 0.474 e. The van der Waals surface area contributed by atoms with Crippen LogP contribution in [0.4, 0.5) is 0 Å². The molecule has 2 atom stereocenters. The van der Waals surface area contributed by atoms with Crippen LogP contribution in [0.3, 0.4) is 0 Å². The van der Waals surface area contributed by atoms with Crippen LogP contribution in [0.15, 0.2) is 130 Å². The summed E-state index contributed by atoms with van der Waals surface area (Å²) in [5, 5.41) is 0. The first-order chi connectivity index (χ1) is 26.1. The molecule has 308 valence electrons. The van der Waals surface area contributed by atoms with E-state index < -0.39 is 38.7 Å². The Balaban J connectivity index is 2.01. The van der Waals surface area contributed by atoms with Crippen molar-refractivity contribution in [2.45, 2.75) is 94.3 Å². The first-order valence-corrected chi connectivity index (χ1v) is 21.4. The third-order valence-corrected chi connectivity index (χ3v) is 12.5. The number of phosphoric ester groups is 2. The van der Waals surface area contributed by atoms with E-state index in [1.807, 2.05) is 140 Å². The zero-order valence-electron chi connectivity index (χ0n) is 35.6. The minimum Gasteiger partial charge on any atom is -0.292 e. The first-order valence-electron chi connectivity index (χ1n) is 18.5. The van der Waals surface area contributed by atoms with E-state index in [9.17, 15) is 18.7 Å². The maximum atomic E-state index is 13.1. The highest BCUT2D eigenvalue weighted by atomic mass is 31.2. The number of rotatable bonds is 18. The highest BCUT2D eigenvalue weighted by Gasteiger charge is 2.43. The number of hydrogen-bond donors (Lipinski definition) is 0. The summed E-state index contributed by atoms with van der Waals surface area (Å²) in [5.74, 6) is -0.458. The lowest BCUT2D eigenvalue weighted by atomic mass is 9.71. The van der Waals surface area contributed by atoms with Crippen molar-refractivity contribution >= 4 is 27.2 Å². The van der Waals surface area contributed by atoms with Gasteiger partial charge < -0.3 is 0 Å². The van der Waals surface area contributed by atoms with E-state index in [4.69, 9.17) is 27.1 Å². The third-order valence-electron chi connectivity index (χ3n) is 9.68. The van der Waals surface area contributed by atoms with E-state index in [1.165, 1.54) is 28.4 Å². The second-order valence-corrected chi connectivity index (χ2v) is 18.9. The lowest BCUT2D eigenvalue weighted by molar-refractivity contribution is -0.125. The van der Waals surface area contributed by atoms with E-state index >= 15 is 0 Å². The van der Waals surface area contributed by atoms with E-state index in [1.54, 1.807) is 13.8 Å². The van der Waals surface area contributed by atoms with Crippen molar-refractivity contribution in [2.24, 2.45) is 10.8 Å². The molecule has 0 radical (unpaired) electrons. The summed E-state index contributed by atoms with van der Waals surface area (Å²) in [4.78, 5) is 26.1. The van der Waals surface area contributed by atoms with Gasteiger partial charge in [-0.3, -0.25) is 36.7 Å². The molecule has 12 heteroatoms. The van der Waals surface area contributed by atoms with Crippen molar-refractivity contribution in [3.63, 3.8) is 0 Å². The molecule has 0 bridgehead atoms. The fraction of sp³-hybridized carbons (Fsp3) is 0.455. The van der Waals surface area contributed by atoms with Crippen molar-refractivity contribution in [3.05, 3.63) is 130 Å². The third kappa shape index (κ3) is 14.3. The Morgan fingerprint density at radius 3 is 1.12 bits per heavy atom. The molecule has 0 saturated heterocycles. The highest BCUT2D eigenvalue weighted by Crippen LogP contribution is 2.53. The lowest BCUT2D eigenvalue weighted by Crippen LogP contribution is -2.37. The average molecular weight is 813 g/mol. The monoisotopic (exact) mass is 812 g/mol. The Kier molecular flexibility index (Phi) is 18.7. The quantitative estimate of drug-likeness (QED) is 0.0976. The van der Waals surface area contributed by atoms with Gasteiger partial charge >= 0.3 is 15.6 Å². The van der Waals surface area contributed by atoms with Crippen molar-refractivity contribution in [2.75, 3.05) is 28.4 Å². The summed E-state index contributed by atoms with van der Waals surface area (Å²) in [5.41, 5.74) is 6.34. The molecule has 56 heavy (non-hydrogen) atoms. The summed E-state index contributed by atoms with van der Waals surface area (Å²) >= 11 is 0. The van der Waals surface area contributed by atoms with Crippen LogP contribution in [0, 0.1) is 10.8 Å². The summed E-state index contributed by atoms with van der Waals surface area (Å²) < 4.78 is 55.5. The molecule has 2 aliphatic rings. The fourth-order valence-electron chi connectivity index (χ4n) is 6.37. The van der Waals surface area contributed by atoms with Gasteiger partial charge in [-0.15, -0.1) is 0 Å². The summed E-state index contributed by atoms with van der Waals surface area (Å²) in [6.07, 6.45) is 26.9. The van der Waals surface area contributed by atoms with Gasteiger partial charge in [0.25, 0.3) is 0 Å². The molecule has 0 heterocycles. The standard InChI is InChI=1S/C44H62O10P2/c1-31(21-17-23-33(3)25-27-37-35(5)41(45)39(29-43(37,7)8)53-55(47,49-11)50-12)19-15-16-20-32(2)22-18-24-34(4)26-28-38-36(6)42(46)40(30-44(38,9)10)54-56(48,51-13)52-14/h15-28,39-40H,29-30H2,1-14H3/b16-15+,21-17+,22-18+,27-25+,28-26+,31-19+,32-20+,33-23+,34-24+. The van der Waals surface area contributed by atoms with Gasteiger partial charge in [0.15, 0.2) is 11.6 Å².